The molecule has 1 rings (SSSR count). The van der Waals surface area contributed by atoms with Crippen LogP contribution in [0.1, 0.15) is 52.0 Å². The minimum Gasteiger partial charge on any atom is -0.493 e. The van der Waals surface area contributed by atoms with Crippen LogP contribution < -0.4 is 10.1 Å². The number of rotatable bonds is 13. The van der Waals surface area contributed by atoms with Gasteiger partial charge >= 0.3 is 0 Å². The summed E-state index contributed by atoms with van der Waals surface area (Å²) in [5, 5.41) is 3.53. The van der Waals surface area contributed by atoms with Crippen LogP contribution in [0.2, 0.25) is 0 Å². The number of nitrogens with zero attached hydrogens (tertiary/aromatic N) is 1. The third-order valence-corrected chi connectivity index (χ3v) is 4.04. The van der Waals surface area contributed by atoms with E-state index in [1.165, 1.54) is 24.8 Å². The molecule has 0 fully saturated rings. The van der Waals surface area contributed by atoms with Crippen molar-refractivity contribution in [1.29, 1.82) is 0 Å². The molecule has 3 heteroatoms. The Labute approximate surface area is 137 Å². The van der Waals surface area contributed by atoms with Crippen LogP contribution in [0.25, 0.3) is 0 Å². The van der Waals surface area contributed by atoms with Gasteiger partial charge in [0.05, 0.1) is 6.61 Å². The fourth-order valence-electron chi connectivity index (χ4n) is 2.50. The van der Waals surface area contributed by atoms with E-state index in [2.05, 4.69) is 55.3 Å². The Bertz CT molecular complexity index is 377. The highest BCUT2D eigenvalue weighted by atomic mass is 16.5. The van der Waals surface area contributed by atoms with Crippen LogP contribution >= 0.6 is 0 Å². The van der Waals surface area contributed by atoms with Crippen molar-refractivity contribution in [3.63, 3.8) is 0 Å². The van der Waals surface area contributed by atoms with Gasteiger partial charge in [-0.1, -0.05) is 58.2 Å². The summed E-state index contributed by atoms with van der Waals surface area (Å²) < 4.78 is 5.95. The monoisotopic (exact) mass is 306 g/mol. The minimum atomic E-state index is 0.830. The summed E-state index contributed by atoms with van der Waals surface area (Å²) in [6, 6.07) is 8.39. The van der Waals surface area contributed by atoms with Crippen LogP contribution in [0.5, 0.6) is 5.75 Å². The minimum absolute atomic E-state index is 0.830. The van der Waals surface area contributed by atoms with Gasteiger partial charge in [-0.2, -0.15) is 0 Å². The Morgan fingerprint density at radius 2 is 1.77 bits per heavy atom. The first kappa shape index (κ1) is 19.0. The van der Waals surface area contributed by atoms with Crippen LogP contribution in [0.15, 0.2) is 24.3 Å². The van der Waals surface area contributed by atoms with Crippen LogP contribution in [-0.2, 0) is 6.54 Å². The molecular weight excluding hydrogens is 272 g/mol. The molecule has 0 heterocycles. The van der Waals surface area contributed by atoms with E-state index in [1.54, 1.807) is 0 Å². The second kappa shape index (κ2) is 12.5. The third kappa shape index (κ3) is 7.81. The van der Waals surface area contributed by atoms with Crippen LogP contribution in [0.3, 0.4) is 0 Å². The molecule has 0 unspecified atom stereocenters. The highest BCUT2D eigenvalue weighted by molar-refractivity contribution is 5.33. The second-order valence-electron chi connectivity index (χ2n) is 5.72. The molecule has 0 amide bonds. The van der Waals surface area contributed by atoms with Crippen LogP contribution in [0.4, 0.5) is 0 Å². The van der Waals surface area contributed by atoms with Gasteiger partial charge < -0.3 is 15.0 Å². The van der Waals surface area contributed by atoms with E-state index in [0.29, 0.717) is 0 Å². The molecule has 0 radical (unpaired) electrons. The number of hydrogen-bond acceptors (Lipinski definition) is 3. The number of unbranched alkanes of at least 4 members (excludes halogenated alkanes) is 3. The van der Waals surface area contributed by atoms with Crippen molar-refractivity contribution >= 4 is 0 Å². The number of likely N-dealkylation sites (N-methyl/N-ethyl adjacent to an activating group) is 1. The van der Waals surface area contributed by atoms with Crippen LogP contribution in [0, 0.1) is 0 Å². The Morgan fingerprint density at radius 1 is 1.00 bits per heavy atom. The molecule has 126 valence electrons. The number of benzene rings is 1. The van der Waals surface area contributed by atoms with Crippen molar-refractivity contribution in [3.8, 4) is 5.75 Å². The molecule has 1 N–H and O–H groups in total. The lowest BCUT2D eigenvalue weighted by Gasteiger charge is -2.18. The Balaban J connectivity index is 2.30. The van der Waals surface area contributed by atoms with Gasteiger partial charge in [-0.3, -0.25) is 0 Å². The van der Waals surface area contributed by atoms with Crippen LogP contribution in [-0.4, -0.2) is 37.7 Å². The van der Waals surface area contributed by atoms with E-state index in [-0.39, 0.29) is 0 Å². The van der Waals surface area contributed by atoms with E-state index in [9.17, 15) is 0 Å². The van der Waals surface area contributed by atoms with E-state index >= 15 is 0 Å². The summed E-state index contributed by atoms with van der Waals surface area (Å²) in [5.41, 5.74) is 1.26. The second-order valence-corrected chi connectivity index (χ2v) is 5.72. The van der Waals surface area contributed by atoms with Gasteiger partial charge in [0.25, 0.3) is 0 Å². The average molecular weight is 306 g/mol. The van der Waals surface area contributed by atoms with E-state index in [1.807, 2.05) is 0 Å². The molecule has 1 aromatic carbocycles. The maximum atomic E-state index is 5.95. The summed E-state index contributed by atoms with van der Waals surface area (Å²) in [5.74, 6) is 1.04. The molecule has 22 heavy (non-hydrogen) atoms. The molecule has 0 aromatic heterocycles. The molecule has 0 saturated heterocycles. The van der Waals surface area contributed by atoms with Gasteiger partial charge in [0, 0.05) is 25.2 Å². The summed E-state index contributed by atoms with van der Waals surface area (Å²) in [6.07, 6.45) is 4.99. The highest BCUT2D eigenvalue weighted by Crippen LogP contribution is 2.18. The standard InChI is InChI=1S/C19H34N2O/c1-4-7-8-11-16-22-19-13-10-9-12-18(19)17-20-14-15-21(5-2)6-3/h9-10,12-13,20H,4-8,11,14-17H2,1-3H3. The number of para-hydroxylation sites is 1. The Kier molecular flexibility index (Phi) is 10.8. The average Bonchev–Trinajstić information content (AvgIpc) is 2.56. The van der Waals surface area contributed by atoms with E-state index in [0.717, 1.165) is 51.5 Å². The number of ether oxygens (including phenoxy) is 1. The largest absolute Gasteiger partial charge is 0.493 e. The summed E-state index contributed by atoms with van der Waals surface area (Å²) >= 11 is 0. The number of nitrogens with one attached hydrogen (secondary N) is 1. The fourth-order valence-corrected chi connectivity index (χ4v) is 2.50. The van der Waals surface area contributed by atoms with Gasteiger partial charge in [-0.15, -0.1) is 0 Å². The molecule has 0 bridgehead atoms. The zero-order valence-corrected chi connectivity index (χ0v) is 14.7. The van der Waals surface area contributed by atoms with Crippen molar-refractivity contribution in [2.24, 2.45) is 0 Å². The van der Waals surface area contributed by atoms with Crippen molar-refractivity contribution in [3.05, 3.63) is 29.8 Å². The topological polar surface area (TPSA) is 24.5 Å². The van der Waals surface area contributed by atoms with E-state index < -0.39 is 0 Å². The lowest BCUT2D eigenvalue weighted by atomic mass is 10.2. The maximum Gasteiger partial charge on any atom is 0.123 e. The van der Waals surface area contributed by atoms with Gasteiger partial charge in [0.2, 0.25) is 0 Å². The normalized spacial score (nSPS) is 11.1. The predicted octanol–water partition coefficient (Wildman–Crippen LogP) is 4.08. The SMILES string of the molecule is CCCCCCOc1ccccc1CNCCN(CC)CC. The molecule has 0 atom stereocenters. The Morgan fingerprint density at radius 3 is 2.50 bits per heavy atom. The van der Waals surface area contributed by atoms with Crippen molar-refractivity contribution in [2.75, 3.05) is 32.8 Å². The van der Waals surface area contributed by atoms with Gasteiger partial charge in [-0.25, -0.2) is 0 Å². The molecular formula is C19H34N2O. The molecule has 0 aliphatic rings. The van der Waals surface area contributed by atoms with Gasteiger partial charge in [0.15, 0.2) is 0 Å². The zero-order chi connectivity index (χ0) is 16.0. The zero-order valence-electron chi connectivity index (χ0n) is 14.7. The fraction of sp³-hybridized carbons (Fsp3) is 0.684. The first-order valence-corrected chi connectivity index (χ1v) is 8.95. The van der Waals surface area contributed by atoms with Crippen molar-refractivity contribution in [2.45, 2.75) is 53.0 Å². The first-order chi connectivity index (χ1) is 10.8. The lowest BCUT2D eigenvalue weighted by Crippen LogP contribution is -2.31. The maximum absolute atomic E-state index is 5.95. The number of hydrogen-bond donors (Lipinski definition) is 1. The smallest absolute Gasteiger partial charge is 0.123 e. The highest BCUT2D eigenvalue weighted by Gasteiger charge is 2.03. The quantitative estimate of drug-likeness (QED) is 0.556. The summed E-state index contributed by atoms with van der Waals surface area (Å²) in [4.78, 5) is 2.43. The lowest BCUT2D eigenvalue weighted by molar-refractivity contribution is 0.295. The van der Waals surface area contributed by atoms with Gasteiger partial charge in [-0.05, 0) is 25.6 Å². The van der Waals surface area contributed by atoms with Crippen molar-refractivity contribution < 1.29 is 4.74 Å². The molecule has 0 saturated carbocycles. The molecule has 3 nitrogen and oxygen atoms in total. The summed E-state index contributed by atoms with van der Waals surface area (Å²) in [7, 11) is 0. The molecule has 0 aliphatic heterocycles. The van der Waals surface area contributed by atoms with E-state index in [4.69, 9.17) is 4.74 Å². The van der Waals surface area contributed by atoms with Gasteiger partial charge in [0.1, 0.15) is 5.75 Å². The molecule has 0 spiro atoms. The summed E-state index contributed by atoms with van der Waals surface area (Å²) in [6.45, 7) is 12.7. The molecule has 0 aliphatic carbocycles. The molecule has 1 aromatic rings. The predicted molar refractivity (Wildman–Crippen MR) is 95.6 cm³/mol. The van der Waals surface area contributed by atoms with Crippen molar-refractivity contribution in [1.82, 2.24) is 10.2 Å². The first-order valence-electron chi connectivity index (χ1n) is 8.95. The third-order valence-electron chi connectivity index (χ3n) is 4.04. The Hall–Kier alpha value is -1.06.